The van der Waals surface area contributed by atoms with E-state index < -0.39 is 29.5 Å². The summed E-state index contributed by atoms with van der Waals surface area (Å²) in [6.45, 7) is 3.55. The Bertz CT molecular complexity index is 687. The molecule has 144 valence electrons. The third-order valence-corrected chi connectivity index (χ3v) is 8.69. The number of aliphatic hydroxyl groups excluding tert-OH is 2. The highest BCUT2D eigenvalue weighted by Gasteiger charge is 2.68. The normalized spacial score (nSPS) is 50.5. The lowest BCUT2D eigenvalue weighted by molar-refractivity contribution is -0.181. The van der Waals surface area contributed by atoms with E-state index in [2.05, 4.69) is 6.92 Å². The lowest BCUT2D eigenvalue weighted by Gasteiger charge is -2.60. The second kappa shape index (κ2) is 5.73. The van der Waals surface area contributed by atoms with Crippen molar-refractivity contribution in [3.63, 3.8) is 0 Å². The van der Waals surface area contributed by atoms with E-state index in [1.54, 1.807) is 0 Å². The van der Waals surface area contributed by atoms with Gasteiger partial charge in [0, 0.05) is 11.1 Å². The second-order valence-corrected chi connectivity index (χ2v) is 9.62. The smallest absolute Gasteiger partial charge is 0.190 e. The first-order valence-corrected chi connectivity index (χ1v) is 10.0. The topological polar surface area (TPSA) is 102 Å². The molecule has 0 radical (unpaired) electrons. The molecule has 0 heterocycles. The van der Waals surface area contributed by atoms with E-state index in [-0.39, 0.29) is 23.2 Å². The van der Waals surface area contributed by atoms with Gasteiger partial charge >= 0.3 is 0 Å². The molecule has 0 aromatic carbocycles. The summed E-state index contributed by atoms with van der Waals surface area (Å²) in [5.74, 6) is 0.0944. The summed E-state index contributed by atoms with van der Waals surface area (Å²) >= 11 is 0. The number of ketones is 1. The van der Waals surface area contributed by atoms with Gasteiger partial charge in [0.05, 0.1) is 6.10 Å². The monoisotopic (exact) mass is 361 g/mol. The third-order valence-electron chi connectivity index (χ3n) is 8.69. The molecule has 0 spiro atoms. The largest absolute Gasteiger partial charge is 0.393 e. The first kappa shape index (κ1) is 18.3. The van der Waals surface area contributed by atoms with Crippen molar-refractivity contribution in [3.8, 4) is 0 Å². The minimum atomic E-state index is -1.52. The number of Topliss-reactive ketones (excluding diaryl/α,β-unsaturated/α-hetero) is 1. The second-order valence-electron chi connectivity index (χ2n) is 9.62. The van der Waals surface area contributed by atoms with Gasteiger partial charge in [-0.15, -0.1) is 0 Å². The lowest BCUT2D eigenvalue weighted by atomic mass is 9.45. The number of nitrogens with one attached hydrogen (secondary N) is 1. The number of hydrogen-bond acceptors (Lipinski definition) is 5. The number of allylic oxidation sites excluding steroid dienone is 2. The van der Waals surface area contributed by atoms with Gasteiger partial charge in [-0.3, -0.25) is 4.79 Å². The minimum absolute atomic E-state index is 0.0874. The van der Waals surface area contributed by atoms with Crippen molar-refractivity contribution in [2.75, 3.05) is 6.61 Å². The van der Waals surface area contributed by atoms with Gasteiger partial charge in [-0.2, -0.15) is 0 Å². The molecule has 3 fully saturated rings. The van der Waals surface area contributed by atoms with Crippen molar-refractivity contribution >= 4 is 11.5 Å². The summed E-state index contributed by atoms with van der Waals surface area (Å²) < 4.78 is 0. The van der Waals surface area contributed by atoms with Crippen LogP contribution in [0.5, 0.6) is 0 Å². The molecule has 26 heavy (non-hydrogen) atoms. The minimum Gasteiger partial charge on any atom is -0.393 e. The van der Waals surface area contributed by atoms with Crippen LogP contribution in [-0.4, -0.2) is 45.1 Å². The highest BCUT2D eigenvalue weighted by atomic mass is 16.3. The zero-order valence-corrected chi connectivity index (χ0v) is 15.8. The Morgan fingerprint density at radius 3 is 2.69 bits per heavy atom. The standard InChI is InChI=1S/C21H31NO4/c1-19-7-5-13(22)9-12(19)3-4-14-15-6-8-21(26,17(25)11-23)20(15,2)10-16(24)18(14)19/h9,14-16,18,22-24,26H,3-8,10-11H2,1-2H3/t14?,15?,16-,18?,19-,20-,21-/m0/s1. The molecule has 0 aromatic rings. The van der Waals surface area contributed by atoms with Gasteiger partial charge in [-0.1, -0.05) is 19.4 Å². The van der Waals surface area contributed by atoms with E-state index >= 15 is 0 Å². The van der Waals surface area contributed by atoms with Crippen molar-refractivity contribution in [2.45, 2.75) is 70.5 Å². The Kier molecular flexibility index (Phi) is 4.04. The zero-order chi connectivity index (χ0) is 18.9. The van der Waals surface area contributed by atoms with Gasteiger partial charge in [0.2, 0.25) is 0 Å². The molecule has 4 N–H and O–H groups in total. The van der Waals surface area contributed by atoms with Crippen LogP contribution < -0.4 is 0 Å². The van der Waals surface area contributed by atoms with Crippen molar-refractivity contribution in [2.24, 2.45) is 28.6 Å². The molecule has 0 amide bonds. The van der Waals surface area contributed by atoms with Gasteiger partial charge in [-0.25, -0.2) is 0 Å². The predicted octanol–water partition coefficient (Wildman–Crippen LogP) is 2.23. The average Bonchev–Trinajstić information content (AvgIpc) is 2.86. The predicted molar refractivity (Wildman–Crippen MR) is 97.9 cm³/mol. The number of hydrogen-bond donors (Lipinski definition) is 4. The van der Waals surface area contributed by atoms with Crippen LogP contribution in [0.2, 0.25) is 0 Å². The zero-order valence-electron chi connectivity index (χ0n) is 15.8. The molecule has 3 saturated carbocycles. The average molecular weight is 361 g/mol. The Hall–Kier alpha value is -1.04. The Morgan fingerprint density at radius 1 is 1.27 bits per heavy atom. The van der Waals surface area contributed by atoms with Crippen LogP contribution in [-0.2, 0) is 4.79 Å². The molecule has 0 aromatic heterocycles. The molecule has 4 aliphatic rings. The van der Waals surface area contributed by atoms with Crippen LogP contribution in [0.15, 0.2) is 11.6 Å². The van der Waals surface area contributed by atoms with Crippen molar-refractivity contribution in [3.05, 3.63) is 11.6 Å². The molecule has 5 heteroatoms. The van der Waals surface area contributed by atoms with Crippen molar-refractivity contribution < 1.29 is 20.1 Å². The van der Waals surface area contributed by atoms with Crippen LogP contribution in [0.1, 0.15) is 58.8 Å². The van der Waals surface area contributed by atoms with E-state index in [1.807, 2.05) is 13.0 Å². The molecular weight excluding hydrogens is 330 g/mol. The van der Waals surface area contributed by atoms with E-state index in [9.17, 15) is 20.1 Å². The summed E-state index contributed by atoms with van der Waals surface area (Å²) in [6, 6.07) is 0. The van der Waals surface area contributed by atoms with E-state index in [1.165, 1.54) is 5.57 Å². The number of rotatable bonds is 2. The third kappa shape index (κ3) is 2.14. The summed E-state index contributed by atoms with van der Waals surface area (Å²) in [7, 11) is 0. The highest BCUT2D eigenvalue weighted by molar-refractivity contribution is 5.94. The Morgan fingerprint density at radius 2 is 2.00 bits per heavy atom. The fourth-order valence-electron chi connectivity index (χ4n) is 7.31. The van der Waals surface area contributed by atoms with Gasteiger partial charge in [0.15, 0.2) is 5.78 Å². The summed E-state index contributed by atoms with van der Waals surface area (Å²) in [4.78, 5) is 12.4. The summed E-state index contributed by atoms with van der Waals surface area (Å²) in [5.41, 5.74) is -0.293. The maximum absolute atomic E-state index is 12.4. The maximum Gasteiger partial charge on any atom is 0.190 e. The van der Waals surface area contributed by atoms with Crippen LogP contribution in [0.25, 0.3) is 0 Å². The van der Waals surface area contributed by atoms with E-state index in [0.29, 0.717) is 18.6 Å². The summed E-state index contributed by atoms with van der Waals surface area (Å²) in [5, 5.41) is 39.8. The van der Waals surface area contributed by atoms with E-state index in [4.69, 9.17) is 5.41 Å². The molecule has 0 bridgehead atoms. The number of fused-ring (bicyclic) bond motifs is 5. The van der Waals surface area contributed by atoms with E-state index in [0.717, 1.165) is 32.1 Å². The molecule has 5 nitrogen and oxygen atoms in total. The molecule has 4 aliphatic carbocycles. The summed E-state index contributed by atoms with van der Waals surface area (Å²) in [6.07, 6.45) is 6.56. The van der Waals surface area contributed by atoms with Gasteiger partial charge in [0.25, 0.3) is 0 Å². The van der Waals surface area contributed by atoms with Gasteiger partial charge < -0.3 is 20.7 Å². The quantitative estimate of drug-likeness (QED) is 0.606. The number of aliphatic hydroxyl groups is 3. The van der Waals surface area contributed by atoms with Crippen LogP contribution >= 0.6 is 0 Å². The number of carbonyl (C=O) groups is 1. The first-order chi connectivity index (χ1) is 12.2. The molecule has 3 unspecified atom stereocenters. The molecule has 0 saturated heterocycles. The maximum atomic E-state index is 12.4. The van der Waals surface area contributed by atoms with Crippen molar-refractivity contribution in [1.29, 1.82) is 5.41 Å². The number of carbonyl (C=O) groups excluding carboxylic acids is 1. The van der Waals surface area contributed by atoms with Crippen LogP contribution in [0.4, 0.5) is 0 Å². The van der Waals surface area contributed by atoms with Gasteiger partial charge in [-0.05, 0) is 74.2 Å². The SMILES string of the molecule is C[C@]12CCC(=N)C=C1CCC1C2[C@@H](O)C[C@@]2(C)C1CC[C@]2(O)C(=O)CO. The molecule has 4 rings (SSSR count). The van der Waals surface area contributed by atoms with Crippen LogP contribution in [0.3, 0.4) is 0 Å². The molecule has 0 aliphatic heterocycles. The lowest BCUT2D eigenvalue weighted by Crippen LogP contribution is -2.62. The van der Waals surface area contributed by atoms with Gasteiger partial charge in [0.1, 0.15) is 12.2 Å². The van der Waals surface area contributed by atoms with Crippen molar-refractivity contribution in [1.82, 2.24) is 0 Å². The highest BCUT2D eigenvalue weighted by Crippen LogP contribution is 2.67. The Balaban J connectivity index is 1.74. The fraction of sp³-hybridized carbons (Fsp3) is 0.810. The fourth-order valence-corrected chi connectivity index (χ4v) is 7.31. The molecule has 7 atom stereocenters. The molecular formula is C21H31NO4. The first-order valence-electron chi connectivity index (χ1n) is 10.0. The Labute approximate surface area is 155 Å². The van der Waals surface area contributed by atoms with Crippen LogP contribution in [0, 0.1) is 34.0 Å².